The molecule has 102 valence electrons. The number of rotatable bonds is 4. The predicted molar refractivity (Wildman–Crippen MR) is 72.2 cm³/mol. The van der Waals surface area contributed by atoms with Crippen LogP contribution in [0.4, 0.5) is 0 Å². The van der Waals surface area contributed by atoms with Crippen LogP contribution in [0.3, 0.4) is 0 Å². The second-order valence-corrected chi connectivity index (χ2v) is 5.72. The lowest BCUT2D eigenvalue weighted by Gasteiger charge is -2.31. The van der Waals surface area contributed by atoms with E-state index in [0.717, 1.165) is 25.9 Å². The minimum Gasteiger partial charge on any atom is -0.468 e. The molecular weight excluding hydrogens is 240 g/mol. The van der Waals surface area contributed by atoms with Crippen molar-refractivity contribution < 1.29 is 9.53 Å². The average Bonchev–Trinajstić information content (AvgIpc) is 3.19. The number of ether oxygens (including phenoxy) is 1. The summed E-state index contributed by atoms with van der Waals surface area (Å²) in [5.41, 5.74) is 8.20. The highest BCUT2D eigenvalue weighted by Gasteiger charge is 2.50. The normalized spacial score (nSPS) is 21.8. The highest BCUT2D eigenvalue weighted by Crippen LogP contribution is 2.40. The molecule has 1 saturated carbocycles. The summed E-state index contributed by atoms with van der Waals surface area (Å²) in [5, 5.41) is 0. The summed E-state index contributed by atoms with van der Waals surface area (Å²) in [4.78, 5) is 14.3. The maximum Gasteiger partial charge on any atom is 0.327 e. The van der Waals surface area contributed by atoms with E-state index < -0.39 is 5.54 Å². The predicted octanol–water partition coefficient (Wildman–Crippen LogP) is 1.28. The maximum atomic E-state index is 12.0. The van der Waals surface area contributed by atoms with Gasteiger partial charge in [-0.1, -0.05) is 24.3 Å². The van der Waals surface area contributed by atoms with E-state index in [1.165, 1.54) is 18.2 Å². The van der Waals surface area contributed by atoms with E-state index in [0.29, 0.717) is 6.54 Å². The molecule has 1 aromatic rings. The van der Waals surface area contributed by atoms with E-state index >= 15 is 0 Å². The van der Waals surface area contributed by atoms with Crippen molar-refractivity contribution in [2.45, 2.75) is 31.5 Å². The summed E-state index contributed by atoms with van der Waals surface area (Å²) >= 11 is 0. The van der Waals surface area contributed by atoms with E-state index in [-0.39, 0.29) is 11.9 Å². The number of hydrogen-bond donors (Lipinski definition) is 1. The number of nitrogens with zero attached hydrogens (tertiary/aromatic N) is 1. The Morgan fingerprint density at radius 3 is 2.42 bits per heavy atom. The van der Waals surface area contributed by atoms with Crippen LogP contribution in [0.15, 0.2) is 24.3 Å². The molecule has 1 atom stereocenters. The minimum absolute atomic E-state index is 0.272. The fourth-order valence-electron chi connectivity index (χ4n) is 3.03. The van der Waals surface area contributed by atoms with Crippen molar-refractivity contribution in [3.63, 3.8) is 0 Å². The number of fused-ring (bicyclic) bond motifs is 1. The van der Waals surface area contributed by atoms with Crippen LogP contribution < -0.4 is 5.73 Å². The van der Waals surface area contributed by atoms with Crippen LogP contribution >= 0.6 is 0 Å². The Labute approximate surface area is 113 Å². The largest absolute Gasteiger partial charge is 0.468 e. The van der Waals surface area contributed by atoms with Gasteiger partial charge in [0.05, 0.1) is 7.11 Å². The number of methoxy groups -OCH3 is 1. The molecule has 1 unspecified atom stereocenters. The van der Waals surface area contributed by atoms with Crippen LogP contribution in [0.5, 0.6) is 0 Å². The average molecular weight is 260 g/mol. The molecule has 4 heteroatoms. The standard InChI is InChI=1S/C15H20N2O2/c1-19-14(18)15(16,13-6-7-13)10-17-8-11-4-2-3-5-12(11)9-17/h2-5,13H,6-10,16H2,1H3. The van der Waals surface area contributed by atoms with Crippen LogP contribution in [0.25, 0.3) is 0 Å². The number of benzene rings is 1. The number of hydrogen-bond acceptors (Lipinski definition) is 4. The van der Waals surface area contributed by atoms with Gasteiger partial charge in [-0.3, -0.25) is 9.69 Å². The third-order valence-corrected chi connectivity index (χ3v) is 4.26. The molecule has 0 bridgehead atoms. The highest BCUT2D eigenvalue weighted by atomic mass is 16.5. The topological polar surface area (TPSA) is 55.6 Å². The van der Waals surface area contributed by atoms with E-state index in [1.54, 1.807) is 0 Å². The van der Waals surface area contributed by atoms with Gasteiger partial charge >= 0.3 is 5.97 Å². The molecule has 0 spiro atoms. The summed E-state index contributed by atoms with van der Waals surface area (Å²) in [7, 11) is 1.42. The summed E-state index contributed by atoms with van der Waals surface area (Å²) < 4.78 is 4.91. The molecule has 1 fully saturated rings. The first kappa shape index (κ1) is 12.6. The zero-order valence-corrected chi connectivity index (χ0v) is 11.3. The quantitative estimate of drug-likeness (QED) is 0.829. The smallest absolute Gasteiger partial charge is 0.327 e. The lowest BCUT2D eigenvalue weighted by atomic mass is 9.94. The fraction of sp³-hybridized carbons (Fsp3) is 0.533. The molecule has 2 aliphatic rings. The van der Waals surface area contributed by atoms with E-state index in [2.05, 4.69) is 29.2 Å². The summed E-state index contributed by atoms with van der Waals surface area (Å²) in [6.07, 6.45) is 2.07. The van der Waals surface area contributed by atoms with Crippen molar-refractivity contribution in [3.8, 4) is 0 Å². The molecule has 0 aromatic heterocycles. The first-order chi connectivity index (χ1) is 9.13. The molecule has 19 heavy (non-hydrogen) atoms. The summed E-state index contributed by atoms with van der Waals surface area (Å²) in [6, 6.07) is 8.39. The van der Waals surface area contributed by atoms with Crippen LogP contribution in [-0.4, -0.2) is 30.1 Å². The molecule has 2 N–H and O–H groups in total. The molecule has 1 aliphatic carbocycles. The first-order valence-electron chi connectivity index (χ1n) is 6.80. The van der Waals surface area contributed by atoms with Crippen LogP contribution in [-0.2, 0) is 22.6 Å². The number of carbonyl (C=O) groups is 1. The van der Waals surface area contributed by atoms with Crippen molar-refractivity contribution in [1.29, 1.82) is 0 Å². The SMILES string of the molecule is COC(=O)C(N)(CN1Cc2ccccc2C1)C1CC1. The van der Waals surface area contributed by atoms with Gasteiger partial charge in [0.1, 0.15) is 5.54 Å². The second-order valence-electron chi connectivity index (χ2n) is 5.72. The molecule has 0 amide bonds. The highest BCUT2D eigenvalue weighted by molar-refractivity contribution is 5.81. The van der Waals surface area contributed by atoms with Gasteiger partial charge in [-0.15, -0.1) is 0 Å². The van der Waals surface area contributed by atoms with Crippen LogP contribution in [0.2, 0.25) is 0 Å². The Morgan fingerprint density at radius 1 is 1.37 bits per heavy atom. The van der Waals surface area contributed by atoms with Crippen molar-refractivity contribution in [2.75, 3.05) is 13.7 Å². The number of nitrogens with two attached hydrogens (primary N) is 1. The minimum atomic E-state index is -0.837. The Bertz CT molecular complexity index is 474. The fourth-order valence-corrected chi connectivity index (χ4v) is 3.03. The molecule has 1 aromatic carbocycles. The molecule has 0 radical (unpaired) electrons. The van der Waals surface area contributed by atoms with E-state index in [9.17, 15) is 4.79 Å². The van der Waals surface area contributed by atoms with E-state index in [1.807, 2.05) is 0 Å². The van der Waals surface area contributed by atoms with Gasteiger partial charge in [0.2, 0.25) is 0 Å². The van der Waals surface area contributed by atoms with Crippen molar-refractivity contribution in [1.82, 2.24) is 4.90 Å². The Kier molecular flexibility index (Phi) is 3.07. The zero-order chi connectivity index (χ0) is 13.5. The Morgan fingerprint density at radius 2 is 1.95 bits per heavy atom. The molecule has 0 saturated heterocycles. The number of esters is 1. The number of carbonyl (C=O) groups excluding carboxylic acids is 1. The van der Waals surface area contributed by atoms with Gasteiger partial charge < -0.3 is 10.5 Å². The van der Waals surface area contributed by atoms with Gasteiger partial charge in [0.25, 0.3) is 0 Å². The van der Waals surface area contributed by atoms with Gasteiger partial charge in [-0.25, -0.2) is 0 Å². The molecule has 4 nitrogen and oxygen atoms in total. The van der Waals surface area contributed by atoms with Crippen LogP contribution in [0, 0.1) is 5.92 Å². The Balaban J connectivity index is 1.73. The van der Waals surface area contributed by atoms with Crippen molar-refractivity contribution in [3.05, 3.63) is 35.4 Å². The molecule has 3 rings (SSSR count). The lowest BCUT2D eigenvalue weighted by Crippen LogP contribution is -2.57. The van der Waals surface area contributed by atoms with Crippen molar-refractivity contribution >= 4 is 5.97 Å². The van der Waals surface area contributed by atoms with Gasteiger partial charge in [0.15, 0.2) is 0 Å². The molecule has 1 aliphatic heterocycles. The summed E-state index contributed by atoms with van der Waals surface area (Å²) in [6.45, 7) is 2.33. The van der Waals surface area contributed by atoms with Gasteiger partial charge in [-0.05, 0) is 29.9 Å². The first-order valence-corrected chi connectivity index (χ1v) is 6.80. The van der Waals surface area contributed by atoms with Gasteiger partial charge in [0, 0.05) is 19.6 Å². The lowest BCUT2D eigenvalue weighted by molar-refractivity contribution is -0.149. The Hall–Kier alpha value is -1.39. The molecular formula is C15H20N2O2. The van der Waals surface area contributed by atoms with E-state index in [4.69, 9.17) is 10.5 Å². The zero-order valence-electron chi connectivity index (χ0n) is 11.3. The summed E-state index contributed by atoms with van der Waals surface area (Å²) in [5.74, 6) is 0.00891. The van der Waals surface area contributed by atoms with Gasteiger partial charge in [-0.2, -0.15) is 0 Å². The monoisotopic (exact) mass is 260 g/mol. The second kappa shape index (κ2) is 4.62. The maximum absolute atomic E-state index is 12.0. The third kappa shape index (κ3) is 2.26. The van der Waals surface area contributed by atoms with Crippen LogP contribution in [0.1, 0.15) is 24.0 Å². The van der Waals surface area contributed by atoms with Crippen molar-refractivity contribution in [2.24, 2.45) is 11.7 Å². The molecule has 1 heterocycles. The third-order valence-electron chi connectivity index (χ3n) is 4.26.